The third-order valence-electron chi connectivity index (χ3n) is 2.79. The molecule has 10 heteroatoms. The Morgan fingerprint density at radius 1 is 1.33 bits per heavy atom. The van der Waals surface area contributed by atoms with Gasteiger partial charge in [-0.05, 0) is 13.3 Å². The third-order valence-corrected chi connectivity index (χ3v) is 2.79. The van der Waals surface area contributed by atoms with Gasteiger partial charge in [-0.3, -0.25) is 5.43 Å². The quantitative estimate of drug-likeness (QED) is 0.400. The molecule has 5 N–H and O–H groups in total. The second kappa shape index (κ2) is 6.41. The second-order valence-corrected chi connectivity index (χ2v) is 4.87. The number of rotatable bonds is 7. The summed E-state index contributed by atoms with van der Waals surface area (Å²) in [5.74, 6) is 6.10. The van der Waals surface area contributed by atoms with Gasteiger partial charge in [0, 0.05) is 6.54 Å². The van der Waals surface area contributed by atoms with Crippen LogP contribution in [0.1, 0.15) is 26.7 Å². The number of nitrogens with one attached hydrogen (secondary N) is 2. The van der Waals surface area contributed by atoms with Crippen molar-refractivity contribution in [1.82, 2.24) is 29.7 Å². The minimum absolute atomic E-state index is 0.188. The largest absolute Gasteiger partial charge is 0.388 e. The number of aliphatic hydroxyl groups is 1. The summed E-state index contributed by atoms with van der Waals surface area (Å²) in [6, 6.07) is 0. The van der Waals surface area contributed by atoms with Crippen LogP contribution in [0.3, 0.4) is 0 Å². The highest BCUT2D eigenvalue weighted by molar-refractivity contribution is 5.37. The van der Waals surface area contributed by atoms with Gasteiger partial charge in [-0.15, -0.1) is 0 Å². The fourth-order valence-corrected chi connectivity index (χ4v) is 1.82. The minimum atomic E-state index is -0.842. The van der Waals surface area contributed by atoms with E-state index >= 15 is 0 Å². The van der Waals surface area contributed by atoms with Crippen molar-refractivity contribution in [3.05, 3.63) is 12.7 Å². The lowest BCUT2D eigenvalue weighted by atomic mass is 10.0. The van der Waals surface area contributed by atoms with Gasteiger partial charge in [-0.25, -0.2) is 10.8 Å². The van der Waals surface area contributed by atoms with E-state index in [0.29, 0.717) is 18.9 Å². The van der Waals surface area contributed by atoms with Gasteiger partial charge in [-0.2, -0.15) is 24.7 Å². The Bertz CT molecular complexity index is 569. The number of hydrogen-bond acceptors (Lipinski definition) is 9. The summed E-state index contributed by atoms with van der Waals surface area (Å²) >= 11 is 0. The van der Waals surface area contributed by atoms with Gasteiger partial charge < -0.3 is 10.4 Å². The van der Waals surface area contributed by atoms with Crippen LogP contribution in [0, 0.1) is 0 Å². The molecule has 0 radical (unpaired) electrons. The van der Waals surface area contributed by atoms with Crippen molar-refractivity contribution in [2.75, 3.05) is 17.3 Å². The van der Waals surface area contributed by atoms with Crippen molar-refractivity contribution in [3.8, 4) is 5.95 Å². The van der Waals surface area contributed by atoms with Crippen LogP contribution in [0.4, 0.5) is 11.9 Å². The molecule has 21 heavy (non-hydrogen) atoms. The molecule has 0 saturated heterocycles. The number of nitrogens with zero attached hydrogens (tertiary/aromatic N) is 6. The molecule has 0 aromatic carbocycles. The SMILES string of the molecule is CCCC(C)(O)CNc1nc(NN)nc(-n2cncn2)n1. The predicted molar refractivity (Wildman–Crippen MR) is 76.6 cm³/mol. The highest BCUT2D eigenvalue weighted by Gasteiger charge is 2.19. The van der Waals surface area contributed by atoms with Gasteiger partial charge in [0.05, 0.1) is 5.60 Å². The van der Waals surface area contributed by atoms with E-state index in [1.807, 2.05) is 6.92 Å². The highest BCUT2D eigenvalue weighted by atomic mass is 16.3. The summed E-state index contributed by atoms with van der Waals surface area (Å²) in [6.07, 6.45) is 4.39. The molecule has 0 aliphatic heterocycles. The molecular formula is C11H19N9O. The summed E-state index contributed by atoms with van der Waals surface area (Å²) in [5, 5.41) is 17.1. The molecule has 0 saturated carbocycles. The topological polar surface area (TPSA) is 140 Å². The first kappa shape index (κ1) is 15.1. The molecule has 10 nitrogen and oxygen atoms in total. The number of nitrogen functional groups attached to an aromatic ring is 1. The lowest BCUT2D eigenvalue weighted by molar-refractivity contribution is 0.0635. The molecule has 2 aromatic rings. The van der Waals surface area contributed by atoms with E-state index < -0.39 is 5.60 Å². The molecule has 2 heterocycles. The molecule has 114 valence electrons. The number of aromatic nitrogens is 6. The third kappa shape index (κ3) is 4.07. The number of nitrogens with two attached hydrogens (primary N) is 1. The van der Waals surface area contributed by atoms with Crippen molar-refractivity contribution >= 4 is 11.9 Å². The first-order valence-corrected chi connectivity index (χ1v) is 6.58. The summed E-state index contributed by atoms with van der Waals surface area (Å²) < 4.78 is 1.39. The van der Waals surface area contributed by atoms with Crippen LogP contribution in [-0.4, -0.2) is 47.0 Å². The van der Waals surface area contributed by atoms with E-state index in [9.17, 15) is 5.11 Å². The van der Waals surface area contributed by atoms with E-state index in [0.717, 1.165) is 6.42 Å². The summed E-state index contributed by atoms with van der Waals surface area (Å²) in [6.45, 7) is 4.08. The van der Waals surface area contributed by atoms with Gasteiger partial charge in [-0.1, -0.05) is 13.3 Å². The normalized spacial score (nSPS) is 13.7. The molecule has 0 amide bonds. The summed E-state index contributed by atoms with van der Waals surface area (Å²) in [4.78, 5) is 16.2. The molecule has 0 bridgehead atoms. The molecule has 0 fully saturated rings. The van der Waals surface area contributed by atoms with Gasteiger partial charge in [0.25, 0.3) is 5.95 Å². The van der Waals surface area contributed by atoms with Crippen molar-refractivity contribution in [2.24, 2.45) is 5.84 Å². The van der Waals surface area contributed by atoms with Crippen LogP contribution in [-0.2, 0) is 0 Å². The number of hydrogen-bond donors (Lipinski definition) is 4. The summed E-state index contributed by atoms with van der Waals surface area (Å²) in [7, 11) is 0. The Balaban J connectivity index is 2.18. The predicted octanol–water partition coefficient (Wildman–Crippen LogP) is -0.299. The fraction of sp³-hybridized carbons (Fsp3) is 0.545. The van der Waals surface area contributed by atoms with Crippen molar-refractivity contribution < 1.29 is 5.11 Å². The van der Waals surface area contributed by atoms with E-state index in [-0.39, 0.29) is 11.9 Å². The maximum Gasteiger partial charge on any atom is 0.258 e. The van der Waals surface area contributed by atoms with E-state index in [1.54, 1.807) is 6.92 Å². The van der Waals surface area contributed by atoms with Gasteiger partial charge in [0.15, 0.2) is 0 Å². The van der Waals surface area contributed by atoms with Crippen molar-refractivity contribution in [3.63, 3.8) is 0 Å². The van der Waals surface area contributed by atoms with Gasteiger partial charge in [0.2, 0.25) is 11.9 Å². The Labute approximate surface area is 121 Å². The Morgan fingerprint density at radius 3 is 2.71 bits per heavy atom. The monoisotopic (exact) mass is 293 g/mol. The molecule has 2 aromatic heterocycles. The Hall–Kier alpha value is -2.33. The standard InChI is InChI=1S/C11H19N9O/c1-3-4-11(2,21)5-14-8-16-9(19-12)18-10(17-8)20-7-13-6-15-20/h6-7,21H,3-5,12H2,1-2H3,(H2,14,16,17,18,19). The van der Waals surface area contributed by atoms with Crippen LogP contribution in [0.25, 0.3) is 5.95 Å². The molecule has 0 spiro atoms. The van der Waals surface area contributed by atoms with Crippen LogP contribution in [0.2, 0.25) is 0 Å². The molecular weight excluding hydrogens is 274 g/mol. The van der Waals surface area contributed by atoms with Crippen molar-refractivity contribution in [1.29, 1.82) is 0 Å². The van der Waals surface area contributed by atoms with Crippen LogP contribution >= 0.6 is 0 Å². The van der Waals surface area contributed by atoms with Crippen LogP contribution in [0.5, 0.6) is 0 Å². The zero-order valence-corrected chi connectivity index (χ0v) is 12.0. The molecule has 2 rings (SSSR count). The molecule has 0 aliphatic carbocycles. The molecule has 0 aliphatic rings. The van der Waals surface area contributed by atoms with Crippen LogP contribution in [0.15, 0.2) is 12.7 Å². The van der Waals surface area contributed by atoms with Gasteiger partial charge >= 0.3 is 0 Å². The second-order valence-electron chi connectivity index (χ2n) is 4.87. The maximum atomic E-state index is 10.2. The smallest absolute Gasteiger partial charge is 0.258 e. The first-order valence-electron chi connectivity index (χ1n) is 6.58. The minimum Gasteiger partial charge on any atom is -0.388 e. The van der Waals surface area contributed by atoms with Crippen molar-refractivity contribution in [2.45, 2.75) is 32.3 Å². The van der Waals surface area contributed by atoms with Gasteiger partial charge in [0.1, 0.15) is 12.7 Å². The molecule has 1 atom stereocenters. The Morgan fingerprint density at radius 2 is 2.10 bits per heavy atom. The Kier molecular flexibility index (Phi) is 4.60. The average Bonchev–Trinajstić information content (AvgIpc) is 2.99. The number of anilines is 2. The van der Waals surface area contributed by atoms with E-state index in [4.69, 9.17) is 5.84 Å². The van der Waals surface area contributed by atoms with E-state index in [2.05, 4.69) is 35.8 Å². The lowest BCUT2D eigenvalue weighted by Gasteiger charge is -2.22. The summed E-state index contributed by atoms with van der Waals surface area (Å²) in [5.41, 5.74) is 1.52. The van der Waals surface area contributed by atoms with Crippen LogP contribution < -0.4 is 16.6 Å². The molecule has 1 unspecified atom stereocenters. The highest BCUT2D eigenvalue weighted by Crippen LogP contribution is 2.13. The maximum absolute atomic E-state index is 10.2. The number of hydrazine groups is 1. The van der Waals surface area contributed by atoms with E-state index in [1.165, 1.54) is 17.3 Å². The first-order chi connectivity index (χ1) is 10.0. The zero-order chi connectivity index (χ0) is 15.3. The lowest BCUT2D eigenvalue weighted by Crippen LogP contribution is -2.33. The average molecular weight is 293 g/mol. The fourth-order valence-electron chi connectivity index (χ4n) is 1.82. The zero-order valence-electron chi connectivity index (χ0n) is 12.0.